The molecule has 0 aliphatic heterocycles. The first-order valence-electron chi connectivity index (χ1n) is 6.34. The van der Waals surface area contributed by atoms with Crippen molar-refractivity contribution in [1.82, 2.24) is 15.6 Å². The lowest BCUT2D eigenvalue weighted by Crippen LogP contribution is -2.50. The van der Waals surface area contributed by atoms with Crippen LogP contribution in [-0.4, -0.2) is 41.3 Å². The largest absolute Gasteiger partial charge is 0.478 e. The first-order valence-corrected chi connectivity index (χ1v) is 6.34. The van der Waals surface area contributed by atoms with E-state index in [4.69, 9.17) is 9.84 Å². The van der Waals surface area contributed by atoms with Crippen LogP contribution in [0.15, 0.2) is 18.3 Å². The number of nitrogens with zero attached hydrogens (tertiary/aromatic N) is 1. The smallest absolute Gasteiger partial charge is 0.335 e. The number of amides is 2. The first-order chi connectivity index (χ1) is 9.58. The van der Waals surface area contributed by atoms with Crippen LogP contribution in [0.2, 0.25) is 0 Å². The second-order valence-corrected chi connectivity index (χ2v) is 4.69. The topological polar surface area (TPSA) is 101 Å². The highest BCUT2D eigenvalue weighted by Gasteiger charge is 2.29. The maximum Gasteiger partial charge on any atom is 0.335 e. The molecule has 0 radical (unpaired) electrons. The minimum Gasteiger partial charge on any atom is -0.478 e. The number of ether oxygens (including phenoxy) is 1. The number of urea groups is 1. The predicted molar refractivity (Wildman–Crippen MR) is 70.4 cm³/mol. The summed E-state index contributed by atoms with van der Waals surface area (Å²) in [5.41, 5.74) is 0.655. The quantitative estimate of drug-likeness (QED) is 0.738. The van der Waals surface area contributed by atoms with Crippen molar-refractivity contribution in [2.24, 2.45) is 0 Å². The maximum atomic E-state index is 11.6. The third kappa shape index (κ3) is 3.67. The number of carboxylic acids is 1. The number of carbonyl (C=O) groups excluding carboxylic acids is 1. The van der Waals surface area contributed by atoms with Crippen LogP contribution in [0.3, 0.4) is 0 Å². The molecule has 1 fully saturated rings. The molecule has 1 aliphatic rings. The molecule has 2 amide bonds. The van der Waals surface area contributed by atoms with Gasteiger partial charge >= 0.3 is 12.0 Å². The fourth-order valence-corrected chi connectivity index (χ4v) is 1.99. The Morgan fingerprint density at radius 2 is 2.25 bits per heavy atom. The molecule has 3 N–H and O–H groups in total. The summed E-state index contributed by atoms with van der Waals surface area (Å²) in [6, 6.07) is 2.70. The molecule has 1 aliphatic carbocycles. The van der Waals surface area contributed by atoms with Gasteiger partial charge in [0.2, 0.25) is 0 Å². The zero-order valence-electron chi connectivity index (χ0n) is 11.1. The Labute approximate surface area is 116 Å². The molecule has 1 saturated carbocycles. The van der Waals surface area contributed by atoms with E-state index in [0.717, 1.165) is 12.8 Å². The Balaban J connectivity index is 1.76. The predicted octanol–water partition coefficient (Wildman–Crippen LogP) is 0.756. The molecule has 1 aromatic heterocycles. The highest BCUT2D eigenvalue weighted by atomic mass is 16.5. The summed E-state index contributed by atoms with van der Waals surface area (Å²) in [7, 11) is 1.65. The summed E-state index contributed by atoms with van der Waals surface area (Å²) in [6.07, 6.45) is 3.27. The molecule has 0 spiro atoms. The summed E-state index contributed by atoms with van der Waals surface area (Å²) in [5.74, 6) is -1.02. The molecule has 0 aromatic carbocycles. The zero-order chi connectivity index (χ0) is 14.5. The first kappa shape index (κ1) is 14.3. The van der Waals surface area contributed by atoms with Crippen molar-refractivity contribution in [2.45, 2.75) is 31.5 Å². The summed E-state index contributed by atoms with van der Waals surface area (Å²) >= 11 is 0. The lowest BCUT2D eigenvalue weighted by Gasteiger charge is -2.34. The van der Waals surface area contributed by atoms with Gasteiger partial charge in [0.1, 0.15) is 0 Å². The molecule has 7 heteroatoms. The van der Waals surface area contributed by atoms with Gasteiger partial charge in [-0.1, -0.05) is 0 Å². The summed E-state index contributed by atoms with van der Waals surface area (Å²) < 4.78 is 5.13. The average Bonchev–Trinajstić information content (AvgIpc) is 2.40. The van der Waals surface area contributed by atoms with Crippen molar-refractivity contribution in [2.75, 3.05) is 7.11 Å². The number of aromatic carboxylic acids is 1. The molecule has 1 heterocycles. The van der Waals surface area contributed by atoms with Gasteiger partial charge in [-0.3, -0.25) is 4.98 Å². The second kappa shape index (κ2) is 6.33. The molecule has 108 valence electrons. The monoisotopic (exact) mass is 279 g/mol. The number of methoxy groups -OCH3 is 1. The minimum atomic E-state index is -1.02. The van der Waals surface area contributed by atoms with Crippen molar-refractivity contribution < 1.29 is 19.4 Å². The Kier molecular flexibility index (Phi) is 4.52. The van der Waals surface area contributed by atoms with Gasteiger partial charge in [0.25, 0.3) is 0 Å². The molecule has 0 saturated heterocycles. The standard InChI is InChI=1S/C13H17N3O4/c1-20-11-5-9(6-11)16-13(19)15-7-10-4-8(12(17)18)2-3-14-10/h2-4,9,11H,5-7H2,1H3,(H,17,18)(H2,15,16,19). The van der Waals surface area contributed by atoms with Gasteiger partial charge < -0.3 is 20.5 Å². The van der Waals surface area contributed by atoms with E-state index in [9.17, 15) is 9.59 Å². The normalized spacial score (nSPS) is 20.9. The fourth-order valence-electron chi connectivity index (χ4n) is 1.99. The average molecular weight is 279 g/mol. The number of aromatic nitrogens is 1. The zero-order valence-corrected chi connectivity index (χ0v) is 11.1. The number of carboxylic acid groups (broad SMARTS) is 1. The number of hydrogen-bond acceptors (Lipinski definition) is 4. The number of rotatable bonds is 5. The van der Waals surface area contributed by atoms with E-state index in [1.807, 2.05) is 0 Å². The lowest BCUT2D eigenvalue weighted by atomic mass is 9.89. The molecule has 0 atom stereocenters. The third-order valence-electron chi connectivity index (χ3n) is 3.26. The minimum absolute atomic E-state index is 0.137. The van der Waals surface area contributed by atoms with Gasteiger partial charge in [0.15, 0.2) is 0 Å². The SMILES string of the molecule is COC1CC(NC(=O)NCc2cc(C(=O)O)ccn2)C1. The molecule has 0 unspecified atom stereocenters. The van der Waals surface area contributed by atoms with Crippen LogP contribution in [0.4, 0.5) is 4.79 Å². The molecular weight excluding hydrogens is 262 g/mol. The van der Waals surface area contributed by atoms with Crippen LogP contribution in [0, 0.1) is 0 Å². The van der Waals surface area contributed by atoms with Crippen molar-refractivity contribution in [1.29, 1.82) is 0 Å². The Bertz CT molecular complexity index is 500. The maximum absolute atomic E-state index is 11.6. The number of carbonyl (C=O) groups is 2. The summed E-state index contributed by atoms with van der Waals surface area (Å²) in [6.45, 7) is 0.188. The van der Waals surface area contributed by atoms with E-state index in [-0.39, 0.29) is 30.3 Å². The van der Waals surface area contributed by atoms with Crippen LogP contribution in [0.1, 0.15) is 28.9 Å². The van der Waals surface area contributed by atoms with Gasteiger partial charge in [0.05, 0.1) is 23.9 Å². The van der Waals surface area contributed by atoms with E-state index in [2.05, 4.69) is 15.6 Å². The van der Waals surface area contributed by atoms with Crippen LogP contribution in [-0.2, 0) is 11.3 Å². The Morgan fingerprint density at radius 1 is 1.50 bits per heavy atom. The van der Waals surface area contributed by atoms with Crippen LogP contribution in [0.5, 0.6) is 0 Å². The van der Waals surface area contributed by atoms with Gasteiger partial charge in [-0.25, -0.2) is 9.59 Å². The van der Waals surface area contributed by atoms with Crippen molar-refractivity contribution in [3.05, 3.63) is 29.6 Å². The highest BCUT2D eigenvalue weighted by Crippen LogP contribution is 2.22. The lowest BCUT2D eigenvalue weighted by molar-refractivity contribution is 0.0205. The Morgan fingerprint density at radius 3 is 2.90 bits per heavy atom. The van der Waals surface area contributed by atoms with Gasteiger partial charge in [-0.2, -0.15) is 0 Å². The van der Waals surface area contributed by atoms with Crippen LogP contribution in [0.25, 0.3) is 0 Å². The van der Waals surface area contributed by atoms with E-state index >= 15 is 0 Å². The number of hydrogen-bond donors (Lipinski definition) is 3. The van der Waals surface area contributed by atoms with Crippen molar-refractivity contribution in [3.8, 4) is 0 Å². The molecule has 20 heavy (non-hydrogen) atoms. The van der Waals surface area contributed by atoms with Gasteiger partial charge in [0, 0.05) is 19.3 Å². The van der Waals surface area contributed by atoms with Crippen LogP contribution >= 0.6 is 0 Å². The Hall–Kier alpha value is -2.15. The van der Waals surface area contributed by atoms with Crippen molar-refractivity contribution >= 4 is 12.0 Å². The summed E-state index contributed by atoms with van der Waals surface area (Å²) in [5, 5.41) is 14.3. The van der Waals surface area contributed by atoms with Crippen molar-refractivity contribution in [3.63, 3.8) is 0 Å². The number of nitrogens with one attached hydrogen (secondary N) is 2. The van der Waals surface area contributed by atoms with E-state index in [0.29, 0.717) is 5.69 Å². The summed E-state index contributed by atoms with van der Waals surface area (Å²) in [4.78, 5) is 26.4. The van der Waals surface area contributed by atoms with Crippen LogP contribution < -0.4 is 10.6 Å². The van der Waals surface area contributed by atoms with E-state index in [1.165, 1.54) is 18.3 Å². The fraction of sp³-hybridized carbons (Fsp3) is 0.462. The third-order valence-corrected chi connectivity index (χ3v) is 3.26. The highest BCUT2D eigenvalue weighted by molar-refractivity contribution is 5.87. The molecule has 1 aromatic rings. The molecular formula is C13H17N3O4. The number of pyridine rings is 1. The van der Waals surface area contributed by atoms with E-state index in [1.54, 1.807) is 7.11 Å². The van der Waals surface area contributed by atoms with Gasteiger partial charge in [-0.15, -0.1) is 0 Å². The molecule has 0 bridgehead atoms. The second-order valence-electron chi connectivity index (χ2n) is 4.69. The van der Waals surface area contributed by atoms with Gasteiger partial charge in [-0.05, 0) is 25.0 Å². The molecule has 2 rings (SSSR count). The van der Waals surface area contributed by atoms with E-state index < -0.39 is 5.97 Å². The molecule has 7 nitrogen and oxygen atoms in total.